The topological polar surface area (TPSA) is 82.2 Å². The van der Waals surface area contributed by atoms with E-state index >= 15 is 0 Å². The van der Waals surface area contributed by atoms with Crippen LogP contribution in [0.5, 0.6) is 5.75 Å². The van der Waals surface area contributed by atoms with Gasteiger partial charge in [-0.25, -0.2) is 14.1 Å². The number of aliphatic hydroxyl groups is 1. The van der Waals surface area contributed by atoms with Crippen molar-refractivity contribution in [1.29, 1.82) is 0 Å². The van der Waals surface area contributed by atoms with Crippen molar-refractivity contribution in [3.63, 3.8) is 0 Å². The Morgan fingerprint density at radius 3 is 2.69 bits per heavy atom. The van der Waals surface area contributed by atoms with Gasteiger partial charge in [-0.05, 0) is 42.8 Å². The molecular weight excluding hydrogens is 375 g/mol. The number of aromatic nitrogens is 4. The molecule has 0 saturated heterocycles. The van der Waals surface area contributed by atoms with Crippen molar-refractivity contribution in [2.75, 3.05) is 6.61 Å². The number of nitrogens with zero attached hydrogens (tertiary/aromatic N) is 4. The van der Waals surface area contributed by atoms with E-state index in [1.165, 1.54) is 33.9 Å². The van der Waals surface area contributed by atoms with Crippen LogP contribution < -0.4 is 10.3 Å². The Balaban J connectivity index is 1.53. The van der Waals surface area contributed by atoms with Gasteiger partial charge < -0.3 is 9.84 Å². The zero-order valence-electron chi connectivity index (χ0n) is 15.7. The monoisotopic (exact) mass is 394 g/mol. The molecule has 0 amide bonds. The summed E-state index contributed by atoms with van der Waals surface area (Å²) in [5.74, 6) is 0.329. The van der Waals surface area contributed by atoms with Crippen LogP contribution in [-0.4, -0.2) is 37.1 Å². The fourth-order valence-electron chi connectivity index (χ4n) is 3.03. The molecule has 2 heterocycles. The lowest BCUT2D eigenvalue weighted by atomic mass is 10.2. The molecule has 2 aromatic heterocycles. The van der Waals surface area contributed by atoms with Crippen molar-refractivity contribution in [3.05, 3.63) is 82.8 Å². The third-order valence-electron chi connectivity index (χ3n) is 4.56. The average Bonchev–Trinajstić information content (AvgIpc) is 3.15. The Morgan fingerprint density at radius 2 is 1.93 bits per heavy atom. The summed E-state index contributed by atoms with van der Waals surface area (Å²) in [6, 6.07) is 13.3. The molecule has 0 saturated carbocycles. The van der Waals surface area contributed by atoms with Gasteiger partial charge in [0.05, 0.1) is 18.4 Å². The number of para-hydroxylation sites is 1. The van der Waals surface area contributed by atoms with Crippen LogP contribution in [-0.2, 0) is 6.54 Å². The predicted octanol–water partition coefficient (Wildman–Crippen LogP) is 2.47. The van der Waals surface area contributed by atoms with E-state index in [9.17, 15) is 14.3 Å². The van der Waals surface area contributed by atoms with Gasteiger partial charge in [-0.2, -0.15) is 5.10 Å². The van der Waals surface area contributed by atoms with E-state index in [0.29, 0.717) is 22.5 Å². The van der Waals surface area contributed by atoms with E-state index in [2.05, 4.69) is 10.1 Å². The molecule has 1 N–H and O–H groups in total. The number of ether oxygens (including phenoxy) is 1. The first-order chi connectivity index (χ1) is 14.0. The molecule has 29 heavy (non-hydrogen) atoms. The highest BCUT2D eigenvalue weighted by Gasteiger charge is 2.14. The molecule has 0 fully saturated rings. The zero-order chi connectivity index (χ0) is 20.4. The van der Waals surface area contributed by atoms with E-state index in [1.54, 1.807) is 12.1 Å². The van der Waals surface area contributed by atoms with Crippen molar-refractivity contribution in [2.45, 2.75) is 19.6 Å². The van der Waals surface area contributed by atoms with Crippen molar-refractivity contribution >= 4 is 11.0 Å². The molecule has 4 aromatic rings. The molecule has 0 unspecified atom stereocenters. The maximum atomic E-state index is 13.1. The maximum Gasteiger partial charge on any atom is 0.264 e. The van der Waals surface area contributed by atoms with Gasteiger partial charge >= 0.3 is 0 Å². The fourth-order valence-corrected chi connectivity index (χ4v) is 3.03. The quantitative estimate of drug-likeness (QED) is 0.543. The largest absolute Gasteiger partial charge is 0.491 e. The minimum absolute atomic E-state index is 0.0371. The van der Waals surface area contributed by atoms with Crippen molar-refractivity contribution in [3.8, 4) is 11.4 Å². The normalized spacial score (nSPS) is 12.2. The van der Waals surface area contributed by atoms with Gasteiger partial charge in [-0.15, -0.1) is 0 Å². The van der Waals surface area contributed by atoms with Crippen LogP contribution >= 0.6 is 0 Å². The van der Waals surface area contributed by atoms with Gasteiger partial charge in [0.25, 0.3) is 5.56 Å². The van der Waals surface area contributed by atoms with Gasteiger partial charge in [-0.3, -0.25) is 9.36 Å². The SMILES string of the molecule is Cc1ccccc1OC[C@H](O)Cn1cnc2c(cnn2-c2ccc(F)cc2)c1=O. The molecule has 148 valence electrons. The third kappa shape index (κ3) is 3.88. The Labute approximate surface area is 165 Å². The lowest BCUT2D eigenvalue weighted by Crippen LogP contribution is -2.30. The van der Waals surface area contributed by atoms with Crippen LogP contribution in [0.25, 0.3) is 16.7 Å². The van der Waals surface area contributed by atoms with Gasteiger partial charge in [0, 0.05) is 0 Å². The van der Waals surface area contributed by atoms with E-state index in [0.717, 1.165) is 5.56 Å². The molecule has 2 aromatic carbocycles. The van der Waals surface area contributed by atoms with Crippen molar-refractivity contribution < 1.29 is 14.2 Å². The molecule has 0 radical (unpaired) electrons. The summed E-state index contributed by atoms with van der Waals surface area (Å²) in [6.45, 7) is 2.00. The molecule has 7 nitrogen and oxygen atoms in total. The number of aryl methyl sites for hydroxylation is 1. The van der Waals surface area contributed by atoms with E-state index in [-0.39, 0.29) is 24.5 Å². The molecule has 0 bridgehead atoms. The highest BCUT2D eigenvalue weighted by molar-refractivity contribution is 5.74. The Morgan fingerprint density at radius 1 is 1.17 bits per heavy atom. The van der Waals surface area contributed by atoms with Crippen LogP contribution in [0.3, 0.4) is 0 Å². The summed E-state index contributed by atoms with van der Waals surface area (Å²) in [7, 11) is 0. The number of hydrogen-bond donors (Lipinski definition) is 1. The van der Waals surface area contributed by atoms with Crippen LogP contribution in [0.2, 0.25) is 0 Å². The van der Waals surface area contributed by atoms with Gasteiger partial charge in [-0.1, -0.05) is 18.2 Å². The lowest BCUT2D eigenvalue weighted by Gasteiger charge is -2.15. The second kappa shape index (κ2) is 7.84. The first-order valence-corrected chi connectivity index (χ1v) is 9.08. The zero-order valence-corrected chi connectivity index (χ0v) is 15.7. The molecule has 8 heteroatoms. The minimum Gasteiger partial charge on any atom is -0.491 e. The number of rotatable bonds is 6. The molecule has 0 aliphatic heterocycles. The first kappa shape index (κ1) is 18.8. The number of halogens is 1. The van der Waals surface area contributed by atoms with Gasteiger partial charge in [0.1, 0.15) is 36.0 Å². The highest BCUT2D eigenvalue weighted by Crippen LogP contribution is 2.17. The van der Waals surface area contributed by atoms with Crippen LogP contribution in [0.15, 0.2) is 65.8 Å². The van der Waals surface area contributed by atoms with Crippen LogP contribution in [0.1, 0.15) is 5.56 Å². The predicted molar refractivity (Wildman–Crippen MR) is 106 cm³/mol. The van der Waals surface area contributed by atoms with E-state index < -0.39 is 6.10 Å². The van der Waals surface area contributed by atoms with Crippen LogP contribution in [0, 0.1) is 12.7 Å². The smallest absolute Gasteiger partial charge is 0.264 e. The van der Waals surface area contributed by atoms with E-state index in [1.807, 2.05) is 31.2 Å². The molecule has 0 aliphatic carbocycles. The third-order valence-corrected chi connectivity index (χ3v) is 4.56. The Hall–Kier alpha value is -3.52. The second-order valence-electron chi connectivity index (χ2n) is 6.70. The molecule has 4 rings (SSSR count). The van der Waals surface area contributed by atoms with Crippen LogP contribution in [0.4, 0.5) is 4.39 Å². The molecule has 1 atom stereocenters. The summed E-state index contributed by atoms with van der Waals surface area (Å²) in [5.41, 5.74) is 1.60. The molecule has 0 spiro atoms. The number of fused-ring (bicyclic) bond motifs is 1. The Kier molecular flexibility index (Phi) is 5.09. The average molecular weight is 394 g/mol. The summed E-state index contributed by atoms with van der Waals surface area (Å²) in [4.78, 5) is 17.1. The molecular formula is C21H19FN4O3. The summed E-state index contributed by atoms with van der Waals surface area (Å²) >= 11 is 0. The number of benzene rings is 2. The summed E-state index contributed by atoms with van der Waals surface area (Å²) in [6.07, 6.45) is 1.89. The van der Waals surface area contributed by atoms with Gasteiger partial charge in [0.2, 0.25) is 0 Å². The highest BCUT2D eigenvalue weighted by atomic mass is 19.1. The van der Waals surface area contributed by atoms with Gasteiger partial charge in [0.15, 0.2) is 5.65 Å². The lowest BCUT2D eigenvalue weighted by molar-refractivity contribution is 0.0911. The van der Waals surface area contributed by atoms with Crippen molar-refractivity contribution in [1.82, 2.24) is 19.3 Å². The van der Waals surface area contributed by atoms with E-state index in [4.69, 9.17) is 4.74 Å². The summed E-state index contributed by atoms with van der Waals surface area (Å²) in [5, 5.41) is 14.8. The Bertz CT molecular complexity index is 1200. The second-order valence-corrected chi connectivity index (χ2v) is 6.70. The maximum absolute atomic E-state index is 13.1. The fraction of sp³-hybridized carbons (Fsp3) is 0.190. The number of hydrogen-bond acceptors (Lipinski definition) is 5. The standard InChI is InChI=1S/C21H19FN4O3/c1-14-4-2-3-5-19(14)29-12-17(27)11-25-13-23-20-18(21(25)28)10-24-26(20)16-8-6-15(22)7-9-16/h2-10,13,17,27H,11-12H2,1H3/t17-/m1/s1. The number of aliphatic hydroxyl groups excluding tert-OH is 1. The molecule has 0 aliphatic rings. The first-order valence-electron chi connectivity index (χ1n) is 9.08. The van der Waals surface area contributed by atoms with Crippen molar-refractivity contribution in [2.24, 2.45) is 0 Å². The minimum atomic E-state index is -0.890. The summed E-state index contributed by atoms with van der Waals surface area (Å²) < 4.78 is 21.6.